The van der Waals surface area contributed by atoms with E-state index in [2.05, 4.69) is 39.0 Å². The largest absolute Gasteiger partial charge is 0.377 e. The molecular weight excluding hydrogens is 388 g/mol. The van der Waals surface area contributed by atoms with Crippen LogP contribution in [0.25, 0.3) is 22.3 Å². The van der Waals surface area contributed by atoms with Gasteiger partial charge in [0.05, 0.1) is 31.1 Å². The topological polar surface area (TPSA) is 83.3 Å². The lowest BCUT2D eigenvalue weighted by Gasteiger charge is -2.46. The average Bonchev–Trinajstić information content (AvgIpc) is 3.29. The molecule has 2 aliphatic heterocycles. The molecule has 2 fully saturated rings. The fraction of sp³-hybridized carbons (Fsp3) is 0.500. The summed E-state index contributed by atoms with van der Waals surface area (Å²) in [6.07, 6.45) is 8.73. The summed E-state index contributed by atoms with van der Waals surface area (Å²) < 4.78 is 5.84. The van der Waals surface area contributed by atoms with Gasteiger partial charge in [-0.2, -0.15) is 0 Å². The number of fused-ring (bicyclic) bond motifs is 4. The fourth-order valence-electron chi connectivity index (χ4n) is 5.50. The van der Waals surface area contributed by atoms with Gasteiger partial charge in [-0.05, 0) is 43.7 Å². The van der Waals surface area contributed by atoms with Crippen LogP contribution < -0.4 is 15.5 Å². The number of aromatic amines is 1. The van der Waals surface area contributed by atoms with Crippen LogP contribution in [0.15, 0.2) is 36.7 Å². The second kappa shape index (κ2) is 7.80. The van der Waals surface area contributed by atoms with Gasteiger partial charge in [0.15, 0.2) is 11.6 Å². The molecule has 4 heterocycles. The van der Waals surface area contributed by atoms with Gasteiger partial charge in [-0.25, -0.2) is 9.97 Å². The first-order valence-corrected chi connectivity index (χ1v) is 11.5. The number of rotatable bonds is 3. The molecule has 6 rings (SSSR count). The van der Waals surface area contributed by atoms with E-state index in [-0.39, 0.29) is 0 Å². The molecule has 7 heteroatoms. The summed E-state index contributed by atoms with van der Waals surface area (Å²) in [7, 11) is 0. The highest BCUT2D eigenvalue weighted by Crippen LogP contribution is 2.38. The molecule has 1 aliphatic carbocycles. The SMILES string of the molecule is N[C@H]1CC[C@H](CN2C[C@@H]3COCCN3c3nc(-c4cccc5[nH]ccc45)ncc32)CC1. The van der Waals surface area contributed by atoms with E-state index in [4.69, 9.17) is 20.4 Å². The van der Waals surface area contributed by atoms with Crippen LogP contribution in [0.3, 0.4) is 0 Å². The van der Waals surface area contributed by atoms with Crippen molar-refractivity contribution in [1.82, 2.24) is 15.0 Å². The normalized spacial score (nSPS) is 26.0. The van der Waals surface area contributed by atoms with Crippen LogP contribution in [0.4, 0.5) is 11.5 Å². The first kappa shape index (κ1) is 19.1. The maximum absolute atomic E-state index is 6.14. The van der Waals surface area contributed by atoms with E-state index in [0.717, 1.165) is 79.5 Å². The number of nitrogens with zero attached hydrogens (tertiary/aromatic N) is 4. The van der Waals surface area contributed by atoms with Crippen LogP contribution in [0.5, 0.6) is 0 Å². The molecule has 1 aromatic carbocycles. The third-order valence-electron chi connectivity index (χ3n) is 7.23. The summed E-state index contributed by atoms with van der Waals surface area (Å²) in [6, 6.07) is 9.10. The highest BCUT2D eigenvalue weighted by molar-refractivity contribution is 5.93. The first-order chi connectivity index (χ1) is 15.3. The van der Waals surface area contributed by atoms with Gasteiger partial charge in [-0.1, -0.05) is 12.1 Å². The van der Waals surface area contributed by atoms with Crippen molar-refractivity contribution in [1.29, 1.82) is 0 Å². The van der Waals surface area contributed by atoms with Crippen molar-refractivity contribution in [3.8, 4) is 11.4 Å². The van der Waals surface area contributed by atoms with Gasteiger partial charge in [0.2, 0.25) is 0 Å². The summed E-state index contributed by atoms with van der Waals surface area (Å²) in [5, 5.41) is 1.16. The highest BCUT2D eigenvalue weighted by atomic mass is 16.5. The monoisotopic (exact) mass is 418 g/mol. The molecule has 1 saturated carbocycles. The van der Waals surface area contributed by atoms with Crippen molar-refractivity contribution in [2.75, 3.05) is 42.6 Å². The maximum atomic E-state index is 6.14. The Hall–Kier alpha value is -2.64. The lowest BCUT2D eigenvalue weighted by Crippen LogP contribution is -2.56. The number of nitrogens with one attached hydrogen (secondary N) is 1. The Morgan fingerprint density at radius 3 is 2.97 bits per heavy atom. The van der Waals surface area contributed by atoms with Gasteiger partial charge in [-0.15, -0.1) is 0 Å². The lowest BCUT2D eigenvalue weighted by atomic mass is 9.86. The molecule has 31 heavy (non-hydrogen) atoms. The first-order valence-electron chi connectivity index (χ1n) is 11.5. The third kappa shape index (κ3) is 3.46. The summed E-state index contributed by atoms with van der Waals surface area (Å²) in [5.74, 6) is 2.54. The van der Waals surface area contributed by atoms with E-state index in [1.54, 1.807) is 0 Å². The van der Waals surface area contributed by atoms with Crippen molar-refractivity contribution in [2.45, 2.75) is 37.8 Å². The van der Waals surface area contributed by atoms with Crippen LogP contribution in [0, 0.1) is 5.92 Å². The zero-order valence-electron chi connectivity index (χ0n) is 17.8. The van der Waals surface area contributed by atoms with E-state index >= 15 is 0 Å². The number of anilines is 2. The maximum Gasteiger partial charge on any atom is 0.162 e. The zero-order chi connectivity index (χ0) is 20.8. The highest BCUT2D eigenvalue weighted by Gasteiger charge is 2.36. The van der Waals surface area contributed by atoms with Gasteiger partial charge in [-0.3, -0.25) is 0 Å². The number of aromatic nitrogens is 3. The van der Waals surface area contributed by atoms with Crippen LogP contribution in [-0.4, -0.2) is 59.9 Å². The van der Waals surface area contributed by atoms with E-state index in [9.17, 15) is 0 Å². The molecule has 0 spiro atoms. The van der Waals surface area contributed by atoms with Gasteiger partial charge in [0, 0.05) is 48.3 Å². The Kier molecular flexibility index (Phi) is 4.80. The number of H-pyrrole nitrogens is 1. The molecule has 1 saturated heterocycles. The van der Waals surface area contributed by atoms with Crippen molar-refractivity contribution in [3.63, 3.8) is 0 Å². The van der Waals surface area contributed by atoms with Gasteiger partial charge in [0.25, 0.3) is 0 Å². The molecule has 0 radical (unpaired) electrons. The summed E-state index contributed by atoms with van der Waals surface area (Å²) in [4.78, 5) is 18.2. The van der Waals surface area contributed by atoms with Gasteiger partial charge >= 0.3 is 0 Å². The van der Waals surface area contributed by atoms with Gasteiger partial charge in [0.1, 0.15) is 0 Å². The van der Waals surface area contributed by atoms with E-state index in [1.165, 1.54) is 12.8 Å². The van der Waals surface area contributed by atoms with Gasteiger partial charge < -0.3 is 25.3 Å². The van der Waals surface area contributed by atoms with E-state index < -0.39 is 0 Å². The molecule has 2 aromatic heterocycles. The van der Waals surface area contributed by atoms with E-state index in [0.29, 0.717) is 18.0 Å². The number of nitrogens with two attached hydrogens (primary N) is 1. The minimum absolute atomic E-state index is 0.345. The predicted octanol–water partition coefficient (Wildman–Crippen LogP) is 3.17. The smallest absolute Gasteiger partial charge is 0.162 e. The lowest BCUT2D eigenvalue weighted by molar-refractivity contribution is 0.0932. The molecule has 1 atom stereocenters. The molecular formula is C24H30N6O. The minimum atomic E-state index is 0.345. The summed E-state index contributed by atoms with van der Waals surface area (Å²) >= 11 is 0. The van der Waals surface area contributed by atoms with Crippen LogP contribution in [0.2, 0.25) is 0 Å². The van der Waals surface area contributed by atoms with Crippen molar-refractivity contribution < 1.29 is 4.74 Å². The quantitative estimate of drug-likeness (QED) is 0.680. The van der Waals surface area contributed by atoms with Crippen LogP contribution in [-0.2, 0) is 4.74 Å². The Balaban J connectivity index is 1.37. The third-order valence-corrected chi connectivity index (χ3v) is 7.23. The molecule has 3 aliphatic rings. The number of ether oxygens (including phenoxy) is 1. The summed E-state index contributed by atoms with van der Waals surface area (Å²) in [5.41, 5.74) is 9.49. The Morgan fingerprint density at radius 1 is 1.16 bits per heavy atom. The Morgan fingerprint density at radius 2 is 2.06 bits per heavy atom. The van der Waals surface area contributed by atoms with Crippen molar-refractivity contribution >= 4 is 22.4 Å². The van der Waals surface area contributed by atoms with Crippen LogP contribution in [0.1, 0.15) is 25.7 Å². The molecule has 0 bridgehead atoms. The van der Waals surface area contributed by atoms with Crippen molar-refractivity contribution in [3.05, 3.63) is 36.7 Å². The Bertz CT molecular complexity index is 1070. The molecule has 3 aromatic rings. The molecule has 3 N–H and O–H groups in total. The minimum Gasteiger partial charge on any atom is -0.377 e. The Labute approximate surface area is 182 Å². The number of benzene rings is 1. The molecule has 162 valence electrons. The predicted molar refractivity (Wildman–Crippen MR) is 123 cm³/mol. The van der Waals surface area contributed by atoms with E-state index in [1.807, 2.05) is 12.4 Å². The average molecular weight is 419 g/mol. The standard InChI is InChI=1S/C24H30N6O/c25-17-6-4-16(5-7-17)13-29-14-18-15-31-11-10-30(18)24-22(29)12-27-23(28-24)20-2-1-3-21-19(20)8-9-26-21/h1-3,8-9,12,16-18,26H,4-7,10-11,13-15,25H2/t16-,17-,18-/m1/s1. The molecule has 7 nitrogen and oxygen atoms in total. The number of hydrogen-bond donors (Lipinski definition) is 2. The number of morpholine rings is 1. The number of hydrogen-bond acceptors (Lipinski definition) is 6. The van der Waals surface area contributed by atoms with Crippen LogP contribution >= 0.6 is 0 Å². The fourth-order valence-corrected chi connectivity index (χ4v) is 5.50. The van der Waals surface area contributed by atoms with Crippen molar-refractivity contribution in [2.24, 2.45) is 11.7 Å². The molecule has 0 amide bonds. The second-order valence-corrected chi connectivity index (χ2v) is 9.25. The second-order valence-electron chi connectivity index (χ2n) is 9.25. The summed E-state index contributed by atoms with van der Waals surface area (Å²) in [6.45, 7) is 4.43. The molecule has 0 unspecified atom stereocenters. The zero-order valence-corrected chi connectivity index (χ0v) is 17.8.